The maximum Gasteiger partial charge on any atom is 0.251 e. The van der Waals surface area contributed by atoms with Gasteiger partial charge in [0.25, 0.3) is 5.91 Å². The lowest BCUT2D eigenvalue weighted by Crippen LogP contribution is -2.42. The standard InChI is InChI=1S/C17H27N3O2.ClH/c1-5-17(2,3)20-16(22)13-8-10-14(11-9-13)19-15(21)7-6-12-18-4;/h8-11,18H,5-7,12H2,1-4H3,(H,19,21)(H,20,22);1H. The van der Waals surface area contributed by atoms with E-state index >= 15 is 0 Å². The molecule has 130 valence electrons. The van der Waals surface area contributed by atoms with Gasteiger partial charge < -0.3 is 16.0 Å². The molecule has 0 spiro atoms. The van der Waals surface area contributed by atoms with E-state index in [9.17, 15) is 9.59 Å². The molecule has 0 bridgehead atoms. The molecule has 0 aromatic heterocycles. The van der Waals surface area contributed by atoms with Crippen molar-refractivity contribution in [2.45, 2.75) is 45.6 Å². The smallest absolute Gasteiger partial charge is 0.251 e. The quantitative estimate of drug-likeness (QED) is 0.637. The Morgan fingerprint density at radius 1 is 1.13 bits per heavy atom. The number of carbonyl (C=O) groups excluding carboxylic acids is 2. The Morgan fingerprint density at radius 2 is 1.74 bits per heavy atom. The van der Waals surface area contributed by atoms with Crippen LogP contribution in [0.5, 0.6) is 0 Å². The van der Waals surface area contributed by atoms with Crippen LogP contribution < -0.4 is 16.0 Å². The van der Waals surface area contributed by atoms with Crippen LogP contribution in [0.3, 0.4) is 0 Å². The fourth-order valence-corrected chi connectivity index (χ4v) is 1.82. The van der Waals surface area contributed by atoms with Crippen molar-refractivity contribution >= 4 is 29.9 Å². The SMILES string of the molecule is CCC(C)(C)NC(=O)c1ccc(NC(=O)CCCNC)cc1.Cl. The summed E-state index contributed by atoms with van der Waals surface area (Å²) in [5.41, 5.74) is 1.08. The van der Waals surface area contributed by atoms with Gasteiger partial charge in [-0.2, -0.15) is 0 Å². The van der Waals surface area contributed by atoms with Crippen molar-refractivity contribution < 1.29 is 9.59 Å². The van der Waals surface area contributed by atoms with Crippen LogP contribution in [0.15, 0.2) is 24.3 Å². The molecule has 0 fully saturated rings. The van der Waals surface area contributed by atoms with Crippen molar-refractivity contribution in [1.29, 1.82) is 0 Å². The Morgan fingerprint density at radius 3 is 2.26 bits per heavy atom. The molecular weight excluding hydrogens is 314 g/mol. The molecule has 0 unspecified atom stereocenters. The Kier molecular flexibility index (Phi) is 9.53. The van der Waals surface area contributed by atoms with Gasteiger partial charge in [-0.3, -0.25) is 9.59 Å². The average molecular weight is 342 g/mol. The summed E-state index contributed by atoms with van der Waals surface area (Å²) in [5.74, 6) is -0.113. The second kappa shape index (κ2) is 10.2. The van der Waals surface area contributed by atoms with Crippen molar-refractivity contribution in [3.8, 4) is 0 Å². The monoisotopic (exact) mass is 341 g/mol. The highest BCUT2D eigenvalue weighted by atomic mass is 35.5. The van der Waals surface area contributed by atoms with E-state index in [2.05, 4.69) is 16.0 Å². The van der Waals surface area contributed by atoms with Gasteiger partial charge in [0.05, 0.1) is 0 Å². The first-order chi connectivity index (χ1) is 10.4. The van der Waals surface area contributed by atoms with Crippen LogP contribution in [0, 0.1) is 0 Å². The molecule has 0 radical (unpaired) electrons. The number of hydrogen-bond donors (Lipinski definition) is 3. The summed E-state index contributed by atoms with van der Waals surface area (Å²) >= 11 is 0. The predicted octanol–water partition coefficient (Wildman–Crippen LogP) is 2.96. The normalized spacial score (nSPS) is 10.6. The molecule has 0 saturated carbocycles. The lowest BCUT2D eigenvalue weighted by Gasteiger charge is -2.24. The second-order valence-corrected chi connectivity index (χ2v) is 6.02. The van der Waals surface area contributed by atoms with Crippen LogP contribution in [-0.4, -0.2) is 30.9 Å². The summed E-state index contributed by atoms with van der Waals surface area (Å²) < 4.78 is 0. The van der Waals surface area contributed by atoms with Crippen LogP contribution in [-0.2, 0) is 4.79 Å². The van der Waals surface area contributed by atoms with Crippen LogP contribution in [0.1, 0.15) is 50.4 Å². The lowest BCUT2D eigenvalue weighted by atomic mass is 10.0. The van der Waals surface area contributed by atoms with Crippen LogP contribution in [0.4, 0.5) is 5.69 Å². The highest BCUT2D eigenvalue weighted by Crippen LogP contribution is 2.13. The van der Waals surface area contributed by atoms with Gasteiger partial charge >= 0.3 is 0 Å². The fourth-order valence-electron chi connectivity index (χ4n) is 1.82. The van der Waals surface area contributed by atoms with Gasteiger partial charge in [0.1, 0.15) is 0 Å². The molecule has 0 aliphatic rings. The molecule has 1 rings (SSSR count). The minimum Gasteiger partial charge on any atom is -0.347 e. The fraction of sp³-hybridized carbons (Fsp3) is 0.529. The summed E-state index contributed by atoms with van der Waals surface area (Å²) in [7, 11) is 1.86. The molecule has 5 nitrogen and oxygen atoms in total. The highest BCUT2D eigenvalue weighted by molar-refractivity contribution is 5.96. The number of nitrogens with one attached hydrogen (secondary N) is 3. The summed E-state index contributed by atoms with van der Waals surface area (Å²) in [6.07, 6.45) is 2.14. The van der Waals surface area contributed by atoms with E-state index in [1.807, 2.05) is 27.8 Å². The first-order valence-electron chi connectivity index (χ1n) is 7.75. The van der Waals surface area contributed by atoms with E-state index < -0.39 is 0 Å². The number of amides is 2. The van der Waals surface area contributed by atoms with Crippen LogP contribution in [0.25, 0.3) is 0 Å². The van der Waals surface area contributed by atoms with Crippen molar-refractivity contribution in [3.63, 3.8) is 0 Å². The molecule has 0 saturated heterocycles. The maximum atomic E-state index is 12.1. The number of anilines is 1. The number of carbonyl (C=O) groups is 2. The zero-order chi connectivity index (χ0) is 16.6. The lowest BCUT2D eigenvalue weighted by molar-refractivity contribution is -0.116. The Labute approximate surface area is 145 Å². The molecule has 0 atom stereocenters. The van der Waals surface area contributed by atoms with Crippen molar-refractivity contribution in [3.05, 3.63) is 29.8 Å². The zero-order valence-corrected chi connectivity index (χ0v) is 15.2. The number of benzene rings is 1. The van der Waals surface area contributed by atoms with E-state index in [-0.39, 0.29) is 29.8 Å². The van der Waals surface area contributed by atoms with Gasteiger partial charge in [0, 0.05) is 23.2 Å². The summed E-state index contributed by atoms with van der Waals surface area (Å²) in [5, 5.41) is 8.82. The number of hydrogen-bond acceptors (Lipinski definition) is 3. The zero-order valence-electron chi connectivity index (χ0n) is 14.4. The van der Waals surface area contributed by atoms with E-state index in [1.54, 1.807) is 24.3 Å². The topological polar surface area (TPSA) is 70.2 Å². The first-order valence-corrected chi connectivity index (χ1v) is 7.75. The molecule has 1 aromatic carbocycles. The summed E-state index contributed by atoms with van der Waals surface area (Å²) in [4.78, 5) is 23.8. The minimum atomic E-state index is -0.225. The van der Waals surface area contributed by atoms with E-state index in [0.29, 0.717) is 17.7 Å². The van der Waals surface area contributed by atoms with Gasteiger partial charge in [0.15, 0.2) is 0 Å². The predicted molar refractivity (Wildman–Crippen MR) is 97.3 cm³/mol. The van der Waals surface area contributed by atoms with Crippen molar-refractivity contribution in [2.24, 2.45) is 0 Å². The molecule has 0 heterocycles. The highest BCUT2D eigenvalue weighted by Gasteiger charge is 2.18. The maximum absolute atomic E-state index is 12.1. The second-order valence-electron chi connectivity index (χ2n) is 6.02. The van der Waals surface area contributed by atoms with Crippen molar-refractivity contribution in [1.82, 2.24) is 10.6 Å². The molecular formula is C17H28ClN3O2. The molecule has 0 aliphatic heterocycles. The first kappa shape index (κ1) is 21.4. The van der Waals surface area contributed by atoms with Crippen LogP contribution in [0.2, 0.25) is 0 Å². The number of rotatable bonds is 8. The van der Waals surface area contributed by atoms with E-state index in [0.717, 1.165) is 19.4 Å². The van der Waals surface area contributed by atoms with E-state index in [1.165, 1.54) is 0 Å². The van der Waals surface area contributed by atoms with Gasteiger partial charge in [-0.25, -0.2) is 0 Å². The Balaban J connectivity index is 0.00000484. The number of halogens is 1. The molecule has 1 aromatic rings. The molecule has 6 heteroatoms. The van der Waals surface area contributed by atoms with Gasteiger partial charge in [0.2, 0.25) is 5.91 Å². The minimum absolute atomic E-state index is 0. The molecule has 2 amide bonds. The molecule has 3 N–H and O–H groups in total. The largest absolute Gasteiger partial charge is 0.347 e. The third-order valence-corrected chi connectivity index (χ3v) is 3.60. The van der Waals surface area contributed by atoms with Gasteiger partial charge in [-0.05, 0) is 64.5 Å². The summed E-state index contributed by atoms with van der Waals surface area (Å²) in [6.45, 7) is 6.84. The average Bonchev–Trinajstić information content (AvgIpc) is 2.48. The third kappa shape index (κ3) is 8.00. The molecule has 0 aliphatic carbocycles. The van der Waals surface area contributed by atoms with Crippen molar-refractivity contribution in [2.75, 3.05) is 18.9 Å². The molecule has 23 heavy (non-hydrogen) atoms. The van der Waals surface area contributed by atoms with Gasteiger partial charge in [-0.15, -0.1) is 12.4 Å². The Hall–Kier alpha value is -1.59. The van der Waals surface area contributed by atoms with Crippen LogP contribution >= 0.6 is 12.4 Å². The third-order valence-electron chi connectivity index (χ3n) is 3.60. The van der Waals surface area contributed by atoms with Gasteiger partial charge in [-0.1, -0.05) is 6.92 Å². The van der Waals surface area contributed by atoms with E-state index in [4.69, 9.17) is 0 Å². The summed E-state index contributed by atoms with van der Waals surface area (Å²) in [6, 6.07) is 6.96. The Bertz CT molecular complexity index is 501.